The SMILES string of the molecule is CCO[Si](CCCNCCO)(OCC)OCCCCCNCCO. The molecule has 0 unspecified atom stereocenters. The Bertz CT molecular complexity index is 257. The van der Waals surface area contributed by atoms with E-state index < -0.39 is 8.80 Å². The molecule has 146 valence electrons. The van der Waals surface area contributed by atoms with Gasteiger partial charge in [-0.25, -0.2) is 0 Å². The van der Waals surface area contributed by atoms with Crippen LogP contribution in [-0.2, 0) is 13.3 Å². The number of aliphatic hydroxyl groups excluding tert-OH is 2. The molecule has 0 saturated heterocycles. The Morgan fingerprint density at radius 3 is 1.83 bits per heavy atom. The summed E-state index contributed by atoms with van der Waals surface area (Å²) in [6, 6.07) is 0.797. The molecule has 7 nitrogen and oxygen atoms in total. The molecule has 0 aliphatic carbocycles. The topological polar surface area (TPSA) is 92.2 Å². The van der Waals surface area contributed by atoms with Gasteiger partial charge in [-0.15, -0.1) is 0 Å². The molecule has 0 heterocycles. The summed E-state index contributed by atoms with van der Waals surface area (Å²) in [5.41, 5.74) is 0. The quantitative estimate of drug-likeness (QED) is 0.198. The van der Waals surface area contributed by atoms with Crippen LogP contribution in [0.25, 0.3) is 0 Å². The normalized spacial score (nSPS) is 12.0. The van der Waals surface area contributed by atoms with Crippen molar-refractivity contribution in [2.45, 2.75) is 45.6 Å². The molecule has 0 aromatic heterocycles. The van der Waals surface area contributed by atoms with Gasteiger partial charge in [-0.3, -0.25) is 0 Å². The van der Waals surface area contributed by atoms with Gasteiger partial charge in [0, 0.05) is 39.0 Å². The first kappa shape index (κ1) is 23.9. The highest BCUT2D eigenvalue weighted by Crippen LogP contribution is 2.18. The zero-order valence-electron chi connectivity index (χ0n) is 15.5. The van der Waals surface area contributed by atoms with Crippen molar-refractivity contribution in [3.63, 3.8) is 0 Å². The minimum Gasteiger partial charge on any atom is -0.395 e. The van der Waals surface area contributed by atoms with Crippen molar-refractivity contribution in [3.8, 4) is 0 Å². The number of hydrogen-bond acceptors (Lipinski definition) is 7. The van der Waals surface area contributed by atoms with Crippen molar-refractivity contribution in [1.82, 2.24) is 10.6 Å². The fraction of sp³-hybridized carbons (Fsp3) is 1.00. The van der Waals surface area contributed by atoms with Crippen LogP contribution in [0.3, 0.4) is 0 Å². The molecule has 0 atom stereocenters. The number of hydrogen-bond donors (Lipinski definition) is 4. The van der Waals surface area contributed by atoms with Gasteiger partial charge in [0.15, 0.2) is 0 Å². The Hall–Kier alpha value is -0.0631. The zero-order valence-corrected chi connectivity index (χ0v) is 16.5. The van der Waals surface area contributed by atoms with E-state index in [0.717, 1.165) is 44.8 Å². The summed E-state index contributed by atoms with van der Waals surface area (Å²) in [6.45, 7) is 9.18. The standard InChI is InChI=1S/C16H38N2O5Si/c1-3-21-24(22-4-2,16-8-10-18-12-14-20)23-15-7-5-6-9-17-11-13-19/h17-20H,3-16H2,1-2H3. The molecule has 0 aromatic carbocycles. The highest BCUT2D eigenvalue weighted by Gasteiger charge is 2.39. The number of unbranched alkanes of at least 4 members (excludes halogenated alkanes) is 2. The Morgan fingerprint density at radius 2 is 1.29 bits per heavy atom. The summed E-state index contributed by atoms with van der Waals surface area (Å²) in [5, 5.41) is 23.8. The third-order valence-corrected chi connectivity index (χ3v) is 6.53. The summed E-state index contributed by atoms with van der Waals surface area (Å²) in [5.74, 6) is 0. The maximum absolute atomic E-state index is 8.78. The monoisotopic (exact) mass is 366 g/mol. The largest absolute Gasteiger partial charge is 0.500 e. The molecular weight excluding hydrogens is 328 g/mol. The minimum atomic E-state index is -2.59. The Morgan fingerprint density at radius 1 is 0.708 bits per heavy atom. The van der Waals surface area contributed by atoms with Crippen molar-refractivity contribution in [1.29, 1.82) is 0 Å². The lowest BCUT2D eigenvalue weighted by atomic mass is 10.2. The second-order valence-electron chi connectivity index (χ2n) is 5.51. The van der Waals surface area contributed by atoms with Crippen LogP contribution in [0.5, 0.6) is 0 Å². The van der Waals surface area contributed by atoms with Crippen molar-refractivity contribution >= 4 is 8.80 Å². The van der Waals surface area contributed by atoms with Gasteiger partial charge in [0.05, 0.1) is 13.2 Å². The van der Waals surface area contributed by atoms with Gasteiger partial charge >= 0.3 is 8.80 Å². The molecule has 0 saturated carbocycles. The Labute approximate surface area is 148 Å². The summed E-state index contributed by atoms with van der Waals surface area (Å²) in [7, 11) is -2.59. The summed E-state index contributed by atoms with van der Waals surface area (Å²) in [4.78, 5) is 0. The van der Waals surface area contributed by atoms with Crippen LogP contribution in [-0.4, -0.2) is 78.2 Å². The van der Waals surface area contributed by atoms with E-state index in [4.69, 9.17) is 23.5 Å². The maximum Gasteiger partial charge on any atom is 0.500 e. The Balaban J connectivity index is 4.04. The zero-order chi connectivity index (χ0) is 17.9. The maximum atomic E-state index is 8.78. The molecule has 0 aromatic rings. The number of rotatable bonds is 19. The highest BCUT2D eigenvalue weighted by atomic mass is 28.4. The van der Waals surface area contributed by atoms with E-state index in [0.29, 0.717) is 32.9 Å². The third kappa shape index (κ3) is 13.3. The van der Waals surface area contributed by atoms with Crippen molar-refractivity contribution in [2.75, 3.05) is 59.2 Å². The van der Waals surface area contributed by atoms with Gasteiger partial charge in [-0.05, 0) is 52.6 Å². The fourth-order valence-electron chi connectivity index (χ4n) is 2.38. The van der Waals surface area contributed by atoms with E-state index in [9.17, 15) is 0 Å². The molecule has 0 amide bonds. The van der Waals surface area contributed by atoms with Gasteiger partial charge in [0.25, 0.3) is 0 Å². The predicted molar refractivity (Wildman–Crippen MR) is 98.1 cm³/mol. The first-order valence-electron chi connectivity index (χ1n) is 9.29. The number of nitrogens with one attached hydrogen (secondary N) is 2. The van der Waals surface area contributed by atoms with Crippen LogP contribution in [0.15, 0.2) is 0 Å². The minimum absolute atomic E-state index is 0.156. The van der Waals surface area contributed by atoms with E-state index in [2.05, 4.69) is 10.6 Å². The summed E-state index contributed by atoms with van der Waals surface area (Å²) >= 11 is 0. The Kier molecular flexibility index (Phi) is 17.7. The van der Waals surface area contributed by atoms with Crippen molar-refractivity contribution < 1.29 is 23.5 Å². The summed E-state index contributed by atoms with van der Waals surface area (Å²) < 4.78 is 17.9. The lowest BCUT2D eigenvalue weighted by Gasteiger charge is -2.29. The van der Waals surface area contributed by atoms with Crippen molar-refractivity contribution in [3.05, 3.63) is 0 Å². The molecule has 0 bridgehead atoms. The van der Waals surface area contributed by atoms with Crippen LogP contribution in [0.1, 0.15) is 39.5 Å². The first-order chi connectivity index (χ1) is 11.7. The van der Waals surface area contributed by atoms with Gasteiger partial charge in [0.2, 0.25) is 0 Å². The van der Waals surface area contributed by atoms with Gasteiger partial charge in [0.1, 0.15) is 0 Å². The smallest absolute Gasteiger partial charge is 0.395 e. The van der Waals surface area contributed by atoms with E-state index in [1.165, 1.54) is 0 Å². The van der Waals surface area contributed by atoms with Crippen LogP contribution >= 0.6 is 0 Å². The van der Waals surface area contributed by atoms with E-state index in [1.807, 2.05) is 13.8 Å². The van der Waals surface area contributed by atoms with Crippen molar-refractivity contribution in [2.24, 2.45) is 0 Å². The van der Waals surface area contributed by atoms with Gasteiger partial charge < -0.3 is 34.1 Å². The average Bonchev–Trinajstić information content (AvgIpc) is 2.57. The van der Waals surface area contributed by atoms with Gasteiger partial charge in [-0.2, -0.15) is 0 Å². The van der Waals surface area contributed by atoms with Gasteiger partial charge in [-0.1, -0.05) is 0 Å². The van der Waals surface area contributed by atoms with Crippen LogP contribution in [0.4, 0.5) is 0 Å². The second kappa shape index (κ2) is 17.8. The number of aliphatic hydroxyl groups is 2. The molecule has 8 heteroatoms. The third-order valence-electron chi connectivity index (χ3n) is 3.46. The molecule has 0 aliphatic heterocycles. The fourth-order valence-corrected chi connectivity index (χ4v) is 5.00. The lowest BCUT2D eigenvalue weighted by Crippen LogP contribution is -2.46. The highest BCUT2D eigenvalue weighted by molar-refractivity contribution is 6.60. The molecule has 4 N–H and O–H groups in total. The predicted octanol–water partition coefficient (Wildman–Crippen LogP) is 0.739. The molecule has 0 fully saturated rings. The van der Waals surface area contributed by atoms with E-state index in [1.54, 1.807) is 0 Å². The molecule has 24 heavy (non-hydrogen) atoms. The second-order valence-corrected chi connectivity index (χ2v) is 8.24. The molecule has 0 rings (SSSR count). The average molecular weight is 367 g/mol. The molecule has 0 aliphatic rings. The van der Waals surface area contributed by atoms with E-state index in [-0.39, 0.29) is 13.2 Å². The molecule has 0 radical (unpaired) electrons. The first-order valence-corrected chi connectivity index (χ1v) is 11.2. The lowest BCUT2D eigenvalue weighted by molar-refractivity contribution is 0.0652. The van der Waals surface area contributed by atoms with E-state index >= 15 is 0 Å². The van der Waals surface area contributed by atoms with Crippen LogP contribution in [0.2, 0.25) is 6.04 Å². The molecular formula is C16H38N2O5Si. The summed E-state index contributed by atoms with van der Waals surface area (Å²) in [6.07, 6.45) is 4.06. The van der Waals surface area contributed by atoms with Crippen LogP contribution < -0.4 is 10.6 Å². The molecule has 0 spiro atoms. The van der Waals surface area contributed by atoms with Crippen LogP contribution in [0, 0.1) is 0 Å².